The third-order valence-corrected chi connectivity index (χ3v) is 4.14. The van der Waals surface area contributed by atoms with Crippen LogP contribution in [-0.2, 0) is 19.2 Å². The third-order valence-electron chi connectivity index (χ3n) is 4.14. The van der Waals surface area contributed by atoms with Crippen molar-refractivity contribution in [3.05, 3.63) is 0 Å². The van der Waals surface area contributed by atoms with Crippen molar-refractivity contribution < 1.29 is 19.2 Å². The van der Waals surface area contributed by atoms with Crippen LogP contribution in [0.5, 0.6) is 0 Å². The van der Waals surface area contributed by atoms with Crippen LogP contribution in [0.25, 0.3) is 0 Å². The summed E-state index contributed by atoms with van der Waals surface area (Å²) in [5.74, 6) is -2.28. The lowest BCUT2D eigenvalue weighted by Gasteiger charge is -2.26. The highest BCUT2D eigenvalue weighted by Crippen LogP contribution is 2.07. The molecular formula is C18H35N5O4. The van der Waals surface area contributed by atoms with Gasteiger partial charge in [-0.3, -0.25) is 19.2 Å². The molecule has 0 saturated heterocycles. The van der Waals surface area contributed by atoms with Gasteiger partial charge in [0.15, 0.2) is 0 Å². The molecule has 0 bridgehead atoms. The van der Waals surface area contributed by atoms with Crippen molar-refractivity contribution in [1.29, 1.82) is 0 Å². The fourth-order valence-electron chi connectivity index (χ4n) is 2.26. The van der Waals surface area contributed by atoms with Gasteiger partial charge in [0.05, 0.1) is 0 Å². The average Bonchev–Trinajstić information content (AvgIpc) is 2.57. The van der Waals surface area contributed by atoms with Gasteiger partial charge < -0.3 is 27.4 Å². The SMILES string of the molecule is CC(C)C(=O)N[C@H](C(=O)N[C@@H](CCCCN)C(=O)N[C@@H](C)C(N)=O)C(C)C. The summed E-state index contributed by atoms with van der Waals surface area (Å²) in [6.45, 7) is 9.03. The normalized spacial score (nSPS) is 14.4. The Labute approximate surface area is 161 Å². The first-order valence-electron chi connectivity index (χ1n) is 9.41. The molecule has 0 aromatic heterocycles. The number of carbonyl (C=O) groups is 4. The molecule has 0 aromatic carbocycles. The number of nitrogens with one attached hydrogen (secondary N) is 3. The first kappa shape index (κ1) is 24.8. The Kier molecular flexibility index (Phi) is 11.3. The molecule has 0 heterocycles. The summed E-state index contributed by atoms with van der Waals surface area (Å²) in [6.07, 6.45) is 1.69. The maximum atomic E-state index is 12.7. The summed E-state index contributed by atoms with van der Waals surface area (Å²) >= 11 is 0. The molecule has 0 spiro atoms. The molecule has 156 valence electrons. The number of primary amides is 1. The summed E-state index contributed by atoms with van der Waals surface area (Å²) in [5.41, 5.74) is 10.7. The van der Waals surface area contributed by atoms with Crippen LogP contribution in [-0.4, -0.2) is 48.3 Å². The Hall–Kier alpha value is -2.16. The van der Waals surface area contributed by atoms with E-state index in [4.69, 9.17) is 11.5 Å². The lowest BCUT2D eigenvalue weighted by Crippen LogP contribution is -2.57. The highest BCUT2D eigenvalue weighted by molar-refractivity contribution is 5.94. The molecule has 0 radical (unpaired) electrons. The van der Waals surface area contributed by atoms with Crippen LogP contribution in [0.3, 0.4) is 0 Å². The van der Waals surface area contributed by atoms with Gasteiger partial charge in [-0.25, -0.2) is 0 Å². The van der Waals surface area contributed by atoms with Gasteiger partial charge in [0.2, 0.25) is 23.6 Å². The van der Waals surface area contributed by atoms with E-state index in [1.54, 1.807) is 13.8 Å². The molecule has 9 nitrogen and oxygen atoms in total. The second-order valence-corrected chi connectivity index (χ2v) is 7.36. The number of nitrogens with two attached hydrogens (primary N) is 2. The largest absolute Gasteiger partial charge is 0.368 e. The topological polar surface area (TPSA) is 156 Å². The number of rotatable bonds is 12. The Morgan fingerprint density at radius 2 is 1.41 bits per heavy atom. The zero-order valence-corrected chi connectivity index (χ0v) is 17.0. The number of amides is 4. The zero-order chi connectivity index (χ0) is 21.1. The quantitative estimate of drug-likeness (QED) is 0.283. The average molecular weight is 386 g/mol. The maximum Gasteiger partial charge on any atom is 0.243 e. The van der Waals surface area contributed by atoms with Gasteiger partial charge in [0.25, 0.3) is 0 Å². The van der Waals surface area contributed by atoms with E-state index in [2.05, 4.69) is 16.0 Å². The summed E-state index contributed by atoms with van der Waals surface area (Å²) in [5, 5.41) is 7.89. The van der Waals surface area contributed by atoms with E-state index < -0.39 is 35.8 Å². The molecule has 27 heavy (non-hydrogen) atoms. The van der Waals surface area contributed by atoms with Gasteiger partial charge in [0.1, 0.15) is 18.1 Å². The molecule has 0 unspecified atom stereocenters. The molecule has 0 aliphatic carbocycles. The van der Waals surface area contributed by atoms with Crippen LogP contribution >= 0.6 is 0 Å². The number of hydrogen-bond donors (Lipinski definition) is 5. The number of hydrogen-bond acceptors (Lipinski definition) is 5. The van der Waals surface area contributed by atoms with E-state index in [-0.39, 0.29) is 17.7 Å². The van der Waals surface area contributed by atoms with Crippen LogP contribution in [0, 0.1) is 11.8 Å². The smallest absolute Gasteiger partial charge is 0.243 e. The van der Waals surface area contributed by atoms with Gasteiger partial charge in [-0.2, -0.15) is 0 Å². The van der Waals surface area contributed by atoms with Crippen LogP contribution in [0.4, 0.5) is 0 Å². The van der Waals surface area contributed by atoms with E-state index >= 15 is 0 Å². The summed E-state index contributed by atoms with van der Waals surface area (Å²) < 4.78 is 0. The van der Waals surface area contributed by atoms with Gasteiger partial charge in [0, 0.05) is 5.92 Å². The molecule has 0 aliphatic heterocycles. The van der Waals surface area contributed by atoms with Crippen LogP contribution in [0.2, 0.25) is 0 Å². The molecule has 0 aromatic rings. The zero-order valence-electron chi connectivity index (χ0n) is 17.0. The lowest BCUT2D eigenvalue weighted by atomic mass is 10.0. The summed E-state index contributed by atoms with van der Waals surface area (Å²) in [4.78, 5) is 48.3. The first-order chi connectivity index (χ1) is 12.5. The fourth-order valence-corrected chi connectivity index (χ4v) is 2.26. The van der Waals surface area contributed by atoms with Gasteiger partial charge in [-0.15, -0.1) is 0 Å². The van der Waals surface area contributed by atoms with Gasteiger partial charge in [-0.1, -0.05) is 27.7 Å². The van der Waals surface area contributed by atoms with Crippen molar-refractivity contribution in [3.63, 3.8) is 0 Å². The van der Waals surface area contributed by atoms with Crippen molar-refractivity contribution >= 4 is 23.6 Å². The Balaban J connectivity index is 5.18. The minimum atomic E-state index is -0.854. The van der Waals surface area contributed by atoms with E-state index in [1.807, 2.05) is 13.8 Å². The molecule has 0 saturated carbocycles. The van der Waals surface area contributed by atoms with Crippen molar-refractivity contribution in [1.82, 2.24) is 16.0 Å². The minimum Gasteiger partial charge on any atom is -0.368 e. The Morgan fingerprint density at radius 3 is 1.85 bits per heavy atom. The van der Waals surface area contributed by atoms with Crippen LogP contribution in [0.15, 0.2) is 0 Å². The van der Waals surface area contributed by atoms with Crippen molar-refractivity contribution in [2.24, 2.45) is 23.3 Å². The monoisotopic (exact) mass is 385 g/mol. The van der Waals surface area contributed by atoms with Gasteiger partial charge >= 0.3 is 0 Å². The van der Waals surface area contributed by atoms with E-state index in [9.17, 15) is 19.2 Å². The van der Waals surface area contributed by atoms with E-state index in [1.165, 1.54) is 6.92 Å². The molecule has 7 N–H and O–H groups in total. The summed E-state index contributed by atoms with van der Waals surface area (Å²) in [7, 11) is 0. The predicted molar refractivity (Wildman–Crippen MR) is 103 cm³/mol. The second-order valence-electron chi connectivity index (χ2n) is 7.36. The highest BCUT2D eigenvalue weighted by Gasteiger charge is 2.29. The van der Waals surface area contributed by atoms with E-state index in [0.717, 1.165) is 0 Å². The molecule has 4 amide bonds. The van der Waals surface area contributed by atoms with Crippen molar-refractivity contribution in [2.75, 3.05) is 6.54 Å². The summed E-state index contributed by atoms with van der Waals surface area (Å²) in [6, 6.07) is -2.46. The molecule has 0 aliphatic rings. The molecular weight excluding hydrogens is 350 g/mol. The third kappa shape index (κ3) is 9.37. The second kappa shape index (κ2) is 12.3. The molecule has 9 heteroatoms. The van der Waals surface area contributed by atoms with Crippen molar-refractivity contribution in [3.8, 4) is 0 Å². The van der Waals surface area contributed by atoms with E-state index in [0.29, 0.717) is 25.8 Å². The minimum absolute atomic E-state index is 0.162. The Bertz CT molecular complexity index is 522. The lowest BCUT2D eigenvalue weighted by molar-refractivity contribution is -0.134. The molecule has 3 atom stereocenters. The first-order valence-corrected chi connectivity index (χ1v) is 9.41. The predicted octanol–water partition coefficient (Wildman–Crippen LogP) is -0.613. The van der Waals surface area contributed by atoms with Crippen LogP contribution < -0.4 is 27.4 Å². The number of unbranched alkanes of at least 4 members (excludes halogenated alkanes) is 1. The van der Waals surface area contributed by atoms with Crippen LogP contribution in [0.1, 0.15) is 53.9 Å². The fraction of sp³-hybridized carbons (Fsp3) is 0.778. The maximum absolute atomic E-state index is 12.7. The Morgan fingerprint density at radius 1 is 0.815 bits per heavy atom. The molecule has 0 rings (SSSR count). The molecule has 0 fully saturated rings. The standard InChI is InChI=1S/C18H35N5O4/c1-10(2)14(23-16(25)11(3)4)18(27)22-13(8-6-7-9-19)17(26)21-12(5)15(20)24/h10-14H,6-9,19H2,1-5H3,(H2,20,24)(H,21,26)(H,22,27)(H,23,25)/t12-,13-,14-/m0/s1. The van der Waals surface area contributed by atoms with Gasteiger partial charge in [-0.05, 0) is 38.6 Å². The highest BCUT2D eigenvalue weighted by atomic mass is 16.2. The number of carbonyl (C=O) groups excluding carboxylic acids is 4. The van der Waals surface area contributed by atoms with Crippen molar-refractivity contribution in [2.45, 2.75) is 72.0 Å².